The third-order valence-corrected chi connectivity index (χ3v) is 7.62. The predicted molar refractivity (Wildman–Crippen MR) is 156 cm³/mol. The number of benzene rings is 2. The summed E-state index contributed by atoms with van der Waals surface area (Å²) in [5.74, 6) is -2.49. The van der Waals surface area contributed by atoms with Gasteiger partial charge in [-0.2, -0.15) is 0 Å². The van der Waals surface area contributed by atoms with E-state index in [0.29, 0.717) is 6.42 Å². The number of carbonyl (C=O) groups excluding carboxylic acids is 6. The molecule has 2 aromatic rings. The van der Waals surface area contributed by atoms with Crippen molar-refractivity contribution in [3.05, 3.63) is 71.8 Å². The van der Waals surface area contributed by atoms with Crippen LogP contribution in [0.3, 0.4) is 0 Å². The smallest absolute Gasteiger partial charge is 0.410 e. The number of carbonyl (C=O) groups is 6. The molecule has 0 radical (unpaired) electrons. The fourth-order valence-electron chi connectivity index (χ4n) is 4.92. The van der Waals surface area contributed by atoms with Crippen molar-refractivity contribution in [3.8, 4) is 0 Å². The third kappa shape index (κ3) is 8.65. The van der Waals surface area contributed by atoms with E-state index < -0.39 is 35.5 Å². The number of likely N-dealkylation sites (tertiary alicyclic amines) is 2. The lowest BCUT2D eigenvalue weighted by Crippen LogP contribution is -2.55. The molecule has 0 N–H and O–H groups in total. The first-order valence-corrected chi connectivity index (χ1v) is 14.3. The second-order valence-electron chi connectivity index (χ2n) is 10.3. The molecule has 0 aliphatic carbocycles. The third-order valence-electron chi connectivity index (χ3n) is 7.62. The van der Waals surface area contributed by atoms with Gasteiger partial charge in [-0.25, -0.2) is 9.59 Å². The summed E-state index contributed by atoms with van der Waals surface area (Å²) in [6, 6.07) is 18.6. The fraction of sp³-hybridized carbons (Fsp3) is 0.438. The number of amides is 2. The minimum atomic E-state index is -1.28. The number of Topliss-reactive ketones (excluding diaryl/α,β-unsaturated/α-hetero) is 2. The van der Waals surface area contributed by atoms with E-state index in [1.165, 1.54) is 24.0 Å². The van der Waals surface area contributed by atoms with E-state index in [1.54, 1.807) is 6.92 Å². The first-order valence-electron chi connectivity index (χ1n) is 14.3. The molecular weight excluding hydrogens is 572 g/mol. The molecule has 2 heterocycles. The van der Waals surface area contributed by atoms with Crippen LogP contribution in [0.2, 0.25) is 0 Å². The summed E-state index contributed by atoms with van der Waals surface area (Å²) in [6.07, 6.45) is -0.492. The fourth-order valence-corrected chi connectivity index (χ4v) is 4.92. The lowest BCUT2D eigenvalue weighted by molar-refractivity contribution is -0.161. The highest BCUT2D eigenvalue weighted by Gasteiger charge is 2.50. The minimum absolute atomic E-state index is 0.00261. The van der Waals surface area contributed by atoms with Crippen molar-refractivity contribution in [2.75, 3.05) is 40.4 Å². The maximum absolute atomic E-state index is 12.2. The van der Waals surface area contributed by atoms with Gasteiger partial charge >= 0.3 is 24.1 Å². The number of hydrogen-bond donors (Lipinski definition) is 0. The summed E-state index contributed by atoms with van der Waals surface area (Å²) in [4.78, 5) is 74.4. The molecule has 0 bridgehead atoms. The molecule has 0 aromatic heterocycles. The Balaban J connectivity index is 0.000000241. The van der Waals surface area contributed by atoms with Crippen molar-refractivity contribution in [1.29, 1.82) is 0 Å². The van der Waals surface area contributed by atoms with E-state index >= 15 is 0 Å². The average molecular weight is 611 g/mol. The molecule has 2 saturated heterocycles. The van der Waals surface area contributed by atoms with E-state index in [9.17, 15) is 28.8 Å². The van der Waals surface area contributed by atoms with Gasteiger partial charge in [-0.15, -0.1) is 0 Å². The lowest BCUT2D eigenvalue weighted by atomic mass is 9.76. The van der Waals surface area contributed by atoms with Crippen LogP contribution in [0.1, 0.15) is 37.3 Å². The Labute approximate surface area is 256 Å². The highest BCUT2D eigenvalue weighted by atomic mass is 16.6. The molecular formula is C32H38N2O10. The van der Waals surface area contributed by atoms with Crippen LogP contribution in [0.5, 0.6) is 0 Å². The maximum Gasteiger partial charge on any atom is 0.410 e. The van der Waals surface area contributed by atoms with Gasteiger partial charge in [0.15, 0.2) is 11.6 Å². The van der Waals surface area contributed by atoms with Gasteiger partial charge in [-0.3, -0.25) is 19.2 Å². The molecule has 2 amide bonds. The van der Waals surface area contributed by atoms with E-state index in [2.05, 4.69) is 4.74 Å². The molecule has 0 spiro atoms. The Hall–Kier alpha value is -4.74. The van der Waals surface area contributed by atoms with Crippen molar-refractivity contribution < 1.29 is 47.7 Å². The minimum Gasteiger partial charge on any atom is -0.468 e. The standard InChI is InChI=1S/C17H21NO5.C15H17NO5/c1-3-17(15(20)22-2)12-18(10-9-14(17)19)16(21)23-11-13-7-5-4-6-8-13;1-20-14(18)12-9-16(8-7-13(12)17)15(19)21-10-11-5-3-2-4-6-11/h4-8H,3,9-12H2,1-2H3;2-6,12H,7-10H2,1H3. The number of methoxy groups -OCH3 is 2. The van der Waals surface area contributed by atoms with Crippen molar-refractivity contribution in [3.63, 3.8) is 0 Å². The zero-order valence-electron chi connectivity index (χ0n) is 25.2. The van der Waals surface area contributed by atoms with E-state index in [0.717, 1.165) is 11.1 Å². The molecule has 4 rings (SSSR count). The first kappa shape index (κ1) is 33.8. The average Bonchev–Trinajstić information content (AvgIpc) is 3.07. The molecule has 12 heteroatoms. The number of ether oxygens (including phenoxy) is 4. The highest BCUT2D eigenvalue weighted by Crippen LogP contribution is 2.32. The van der Waals surface area contributed by atoms with Crippen molar-refractivity contribution >= 4 is 35.7 Å². The molecule has 2 atom stereocenters. The second-order valence-corrected chi connectivity index (χ2v) is 10.3. The van der Waals surface area contributed by atoms with Crippen LogP contribution >= 0.6 is 0 Å². The van der Waals surface area contributed by atoms with Gasteiger partial charge in [0, 0.05) is 39.0 Å². The summed E-state index contributed by atoms with van der Waals surface area (Å²) in [5.41, 5.74) is 0.478. The molecule has 2 aliphatic heterocycles. The molecule has 44 heavy (non-hydrogen) atoms. The SMILES string of the molecule is CCC1(C(=O)OC)CN(C(=O)OCc2ccccc2)CCC1=O.COC(=O)C1CN(C(=O)OCc2ccccc2)CCC1=O. The summed E-state index contributed by atoms with van der Waals surface area (Å²) < 4.78 is 19.8. The van der Waals surface area contributed by atoms with Crippen LogP contribution in [-0.4, -0.2) is 85.9 Å². The lowest BCUT2D eigenvalue weighted by Gasteiger charge is -2.38. The Kier molecular flexibility index (Phi) is 12.4. The Morgan fingerprint density at radius 2 is 1.30 bits per heavy atom. The van der Waals surface area contributed by atoms with Gasteiger partial charge in [-0.05, 0) is 17.5 Å². The normalized spacial score (nSPS) is 19.7. The van der Waals surface area contributed by atoms with E-state index in [4.69, 9.17) is 14.2 Å². The highest BCUT2D eigenvalue weighted by molar-refractivity contribution is 6.05. The van der Waals surface area contributed by atoms with Gasteiger partial charge < -0.3 is 28.7 Å². The van der Waals surface area contributed by atoms with Crippen molar-refractivity contribution in [1.82, 2.24) is 9.80 Å². The number of esters is 2. The number of nitrogens with zero attached hydrogens (tertiary/aromatic N) is 2. The number of piperidine rings is 2. The number of ketones is 2. The van der Waals surface area contributed by atoms with Crippen LogP contribution in [0.4, 0.5) is 9.59 Å². The van der Waals surface area contributed by atoms with Gasteiger partial charge in [0.25, 0.3) is 0 Å². The maximum atomic E-state index is 12.2. The van der Waals surface area contributed by atoms with Gasteiger partial charge in [0.05, 0.1) is 14.2 Å². The molecule has 2 unspecified atom stereocenters. The number of rotatable bonds is 7. The van der Waals surface area contributed by atoms with Gasteiger partial charge in [0.1, 0.15) is 24.5 Å². The van der Waals surface area contributed by atoms with Gasteiger partial charge in [0.2, 0.25) is 0 Å². The van der Waals surface area contributed by atoms with E-state index in [-0.39, 0.29) is 63.8 Å². The van der Waals surface area contributed by atoms with Crippen LogP contribution in [0.25, 0.3) is 0 Å². The zero-order chi connectivity index (χ0) is 32.1. The second kappa shape index (κ2) is 16.2. The Morgan fingerprint density at radius 3 is 1.80 bits per heavy atom. The molecule has 2 aliphatic rings. The van der Waals surface area contributed by atoms with Crippen LogP contribution in [0, 0.1) is 11.3 Å². The summed E-state index contributed by atoms with van der Waals surface area (Å²) in [5, 5.41) is 0. The van der Waals surface area contributed by atoms with E-state index in [1.807, 2.05) is 60.7 Å². The Morgan fingerprint density at radius 1 is 0.773 bits per heavy atom. The topological polar surface area (TPSA) is 146 Å². The van der Waals surface area contributed by atoms with Crippen LogP contribution < -0.4 is 0 Å². The van der Waals surface area contributed by atoms with Crippen LogP contribution in [-0.2, 0) is 51.3 Å². The Bertz CT molecular complexity index is 1300. The molecule has 2 fully saturated rings. The molecule has 236 valence electrons. The quantitative estimate of drug-likeness (QED) is 0.259. The summed E-state index contributed by atoms with van der Waals surface area (Å²) in [6.45, 7) is 2.59. The van der Waals surface area contributed by atoms with Crippen molar-refractivity contribution in [2.45, 2.75) is 39.4 Å². The monoisotopic (exact) mass is 610 g/mol. The summed E-state index contributed by atoms with van der Waals surface area (Å²) in [7, 11) is 2.47. The summed E-state index contributed by atoms with van der Waals surface area (Å²) >= 11 is 0. The zero-order valence-corrected chi connectivity index (χ0v) is 25.2. The first-order chi connectivity index (χ1) is 21.1. The molecule has 12 nitrogen and oxygen atoms in total. The van der Waals surface area contributed by atoms with Gasteiger partial charge in [-0.1, -0.05) is 67.6 Å². The van der Waals surface area contributed by atoms with Crippen LogP contribution in [0.15, 0.2) is 60.7 Å². The van der Waals surface area contributed by atoms with Crippen molar-refractivity contribution in [2.24, 2.45) is 11.3 Å². The largest absolute Gasteiger partial charge is 0.468 e. The molecule has 2 aromatic carbocycles. The molecule has 0 saturated carbocycles. The predicted octanol–water partition coefficient (Wildman–Crippen LogP) is 3.55. The number of hydrogen-bond acceptors (Lipinski definition) is 10.